The Hall–Kier alpha value is -2.67. The van der Waals surface area contributed by atoms with Gasteiger partial charge in [-0.3, -0.25) is 14.4 Å². The number of carboxylic acids is 1. The second-order valence-corrected chi connectivity index (χ2v) is 9.43. The topological polar surface area (TPSA) is 113 Å². The van der Waals surface area contributed by atoms with E-state index in [1.54, 1.807) is 13.8 Å². The van der Waals surface area contributed by atoms with Gasteiger partial charge in [-0.25, -0.2) is 0 Å². The zero-order valence-electron chi connectivity index (χ0n) is 22.4. The van der Waals surface area contributed by atoms with Crippen molar-refractivity contribution in [3.8, 4) is 0 Å². The van der Waals surface area contributed by atoms with Crippen LogP contribution in [0.4, 0.5) is 0 Å². The van der Waals surface area contributed by atoms with E-state index in [-0.39, 0.29) is 32.0 Å². The van der Waals surface area contributed by atoms with Crippen molar-refractivity contribution in [3.05, 3.63) is 48.6 Å². The molecule has 3 N–H and O–H groups in total. The second-order valence-electron chi connectivity index (χ2n) is 9.43. The van der Waals surface area contributed by atoms with Crippen LogP contribution in [0.5, 0.6) is 0 Å². The molecule has 0 aromatic rings. The lowest BCUT2D eigenvalue weighted by molar-refractivity contribution is -0.153. The molecule has 0 bridgehead atoms. The van der Waals surface area contributed by atoms with Gasteiger partial charge < -0.3 is 20.3 Å². The van der Waals surface area contributed by atoms with Crippen LogP contribution < -0.4 is 5.32 Å². The van der Waals surface area contributed by atoms with E-state index >= 15 is 0 Å². The average Bonchev–Trinajstić information content (AvgIpc) is 2.83. The van der Waals surface area contributed by atoms with Crippen LogP contribution in [-0.4, -0.2) is 47.3 Å². The summed E-state index contributed by atoms with van der Waals surface area (Å²) < 4.78 is 5.23. The summed E-state index contributed by atoms with van der Waals surface area (Å²) in [6.07, 6.45) is 25.1. The maximum atomic E-state index is 12.0. The molecule has 0 heterocycles. The molecular formula is C29H47NO6. The van der Waals surface area contributed by atoms with Crippen LogP contribution in [0.3, 0.4) is 0 Å². The molecule has 0 radical (unpaired) electrons. The van der Waals surface area contributed by atoms with Crippen LogP contribution in [0.1, 0.15) is 91.4 Å². The lowest BCUT2D eigenvalue weighted by atomic mass is 9.87. The number of aliphatic carboxylic acids is 1. The third-order valence-electron chi connectivity index (χ3n) is 5.42. The number of rotatable bonds is 21. The van der Waals surface area contributed by atoms with Crippen molar-refractivity contribution in [2.45, 2.75) is 97.5 Å². The largest absolute Gasteiger partial charge is 0.481 e. The monoisotopic (exact) mass is 505 g/mol. The number of allylic oxidation sites excluding steroid dienone is 8. The van der Waals surface area contributed by atoms with Crippen LogP contribution in [0.25, 0.3) is 0 Å². The van der Waals surface area contributed by atoms with Crippen LogP contribution in [0.2, 0.25) is 0 Å². The van der Waals surface area contributed by atoms with E-state index < -0.39 is 23.4 Å². The van der Waals surface area contributed by atoms with Gasteiger partial charge in [-0.1, -0.05) is 69.4 Å². The summed E-state index contributed by atoms with van der Waals surface area (Å²) in [7, 11) is 0. The summed E-state index contributed by atoms with van der Waals surface area (Å²) in [5, 5.41) is 21.2. The van der Waals surface area contributed by atoms with Gasteiger partial charge in [0, 0.05) is 18.4 Å². The number of aliphatic hydroxyl groups is 1. The standard InChI is InChI=1S/C29H47NO6/c1-4-5-6-7-8-9-10-11-12-13-14-15-16-17-18-19-20-21-26(33)36-24-29(2,3)27(34)28(35)30-23-22-25(31)32/h5-6,8-9,14-15,17-18,27,34H,4,7,10-13,16,19-24H2,1-3H3,(H,30,35)(H,31,32). The SMILES string of the molecule is CCC=CCC=CCCCCC=CCC=CCCCC(=O)OCC(C)(C)C(O)C(=O)NCCC(=O)O. The average molecular weight is 506 g/mol. The van der Waals surface area contributed by atoms with Crippen LogP contribution in [-0.2, 0) is 19.1 Å². The number of esters is 1. The van der Waals surface area contributed by atoms with E-state index in [4.69, 9.17) is 9.84 Å². The molecule has 1 amide bonds. The number of hydrogen-bond donors (Lipinski definition) is 3. The number of ether oxygens (including phenoxy) is 1. The van der Waals surface area contributed by atoms with Crippen molar-refractivity contribution >= 4 is 17.8 Å². The highest BCUT2D eigenvalue weighted by molar-refractivity contribution is 5.81. The van der Waals surface area contributed by atoms with Gasteiger partial charge in [-0.2, -0.15) is 0 Å². The molecule has 7 heteroatoms. The zero-order chi connectivity index (χ0) is 27.1. The summed E-state index contributed by atoms with van der Waals surface area (Å²) in [6, 6.07) is 0. The summed E-state index contributed by atoms with van der Waals surface area (Å²) >= 11 is 0. The molecule has 0 rings (SSSR count). The minimum Gasteiger partial charge on any atom is -0.481 e. The number of carbonyl (C=O) groups excluding carboxylic acids is 2. The molecule has 0 aromatic carbocycles. The lowest BCUT2D eigenvalue weighted by Crippen LogP contribution is -2.46. The maximum absolute atomic E-state index is 12.0. The van der Waals surface area contributed by atoms with Crippen molar-refractivity contribution in [3.63, 3.8) is 0 Å². The Bertz CT molecular complexity index is 736. The van der Waals surface area contributed by atoms with Crippen LogP contribution >= 0.6 is 0 Å². The second kappa shape index (κ2) is 21.6. The summed E-state index contributed by atoms with van der Waals surface area (Å²) in [6.45, 7) is 5.20. The molecular weight excluding hydrogens is 458 g/mol. The number of aliphatic hydroxyl groups excluding tert-OH is 1. The molecule has 0 saturated heterocycles. The summed E-state index contributed by atoms with van der Waals surface area (Å²) in [5.41, 5.74) is -0.988. The van der Waals surface area contributed by atoms with Crippen molar-refractivity contribution in [1.82, 2.24) is 5.32 Å². The Kier molecular flexibility index (Phi) is 20.0. The fourth-order valence-electron chi connectivity index (χ4n) is 3.11. The normalized spacial score (nSPS) is 13.2. The summed E-state index contributed by atoms with van der Waals surface area (Å²) in [5.74, 6) is -2.09. The van der Waals surface area contributed by atoms with Gasteiger partial charge in [0.1, 0.15) is 6.10 Å². The number of nitrogens with one attached hydrogen (secondary N) is 1. The van der Waals surface area contributed by atoms with Gasteiger partial charge in [0.05, 0.1) is 13.0 Å². The Morgan fingerprint density at radius 1 is 0.833 bits per heavy atom. The zero-order valence-corrected chi connectivity index (χ0v) is 22.4. The Balaban J connectivity index is 3.85. The molecule has 0 saturated carbocycles. The maximum Gasteiger partial charge on any atom is 0.305 e. The first-order chi connectivity index (χ1) is 17.2. The Morgan fingerprint density at radius 3 is 1.89 bits per heavy atom. The molecule has 0 aliphatic carbocycles. The van der Waals surface area contributed by atoms with E-state index in [1.165, 1.54) is 12.8 Å². The molecule has 0 spiro atoms. The predicted molar refractivity (Wildman–Crippen MR) is 144 cm³/mol. The minimum atomic E-state index is -1.41. The smallest absolute Gasteiger partial charge is 0.305 e. The highest BCUT2D eigenvalue weighted by Gasteiger charge is 2.34. The van der Waals surface area contributed by atoms with E-state index in [0.29, 0.717) is 6.42 Å². The van der Waals surface area contributed by atoms with Gasteiger partial charge >= 0.3 is 11.9 Å². The van der Waals surface area contributed by atoms with Gasteiger partial charge in [0.25, 0.3) is 0 Å². The third-order valence-corrected chi connectivity index (χ3v) is 5.42. The molecule has 1 unspecified atom stereocenters. The fourth-order valence-corrected chi connectivity index (χ4v) is 3.11. The van der Waals surface area contributed by atoms with Crippen LogP contribution in [0, 0.1) is 5.41 Å². The van der Waals surface area contributed by atoms with E-state index in [0.717, 1.165) is 38.5 Å². The van der Waals surface area contributed by atoms with Crippen molar-refractivity contribution in [2.24, 2.45) is 5.41 Å². The number of unbranched alkanes of at least 4 members (excludes halogenated alkanes) is 4. The highest BCUT2D eigenvalue weighted by atomic mass is 16.5. The van der Waals surface area contributed by atoms with Gasteiger partial charge in [0.2, 0.25) is 5.91 Å². The number of amides is 1. The molecule has 7 nitrogen and oxygen atoms in total. The van der Waals surface area contributed by atoms with E-state index in [1.807, 2.05) is 0 Å². The fraction of sp³-hybridized carbons (Fsp3) is 0.621. The van der Waals surface area contributed by atoms with Gasteiger partial charge in [-0.15, -0.1) is 0 Å². The lowest BCUT2D eigenvalue weighted by Gasteiger charge is -2.28. The quantitative estimate of drug-likeness (QED) is 0.105. The highest BCUT2D eigenvalue weighted by Crippen LogP contribution is 2.22. The summed E-state index contributed by atoms with van der Waals surface area (Å²) in [4.78, 5) is 34.4. The number of carboxylic acid groups (broad SMARTS) is 1. The minimum absolute atomic E-state index is 0.0696. The van der Waals surface area contributed by atoms with Crippen molar-refractivity contribution in [1.29, 1.82) is 0 Å². The third kappa shape index (κ3) is 19.6. The van der Waals surface area contributed by atoms with Crippen molar-refractivity contribution < 1.29 is 29.3 Å². The van der Waals surface area contributed by atoms with Crippen molar-refractivity contribution in [2.75, 3.05) is 13.2 Å². The van der Waals surface area contributed by atoms with Crippen LogP contribution in [0.15, 0.2) is 48.6 Å². The first kappa shape index (κ1) is 33.3. The van der Waals surface area contributed by atoms with Gasteiger partial charge in [-0.05, 0) is 57.8 Å². The molecule has 0 aliphatic heterocycles. The number of hydrogen-bond acceptors (Lipinski definition) is 5. The molecule has 1 atom stereocenters. The molecule has 36 heavy (non-hydrogen) atoms. The Morgan fingerprint density at radius 2 is 1.36 bits per heavy atom. The molecule has 0 aliphatic rings. The first-order valence-corrected chi connectivity index (χ1v) is 13.1. The predicted octanol–water partition coefficient (Wildman–Crippen LogP) is 5.65. The first-order valence-electron chi connectivity index (χ1n) is 13.1. The molecule has 0 aromatic heterocycles. The van der Waals surface area contributed by atoms with E-state index in [9.17, 15) is 19.5 Å². The Labute approximate surface area is 217 Å². The number of carbonyl (C=O) groups is 3. The van der Waals surface area contributed by atoms with Gasteiger partial charge in [0.15, 0.2) is 0 Å². The molecule has 0 fully saturated rings. The van der Waals surface area contributed by atoms with E-state index in [2.05, 4.69) is 60.8 Å². The molecule has 204 valence electrons.